The van der Waals surface area contributed by atoms with Crippen molar-refractivity contribution in [2.24, 2.45) is 5.92 Å². The van der Waals surface area contributed by atoms with Crippen LogP contribution in [-0.2, 0) is 10.8 Å². The molecule has 1 nitrogen and oxygen atoms in total. The van der Waals surface area contributed by atoms with Crippen molar-refractivity contribution in [3.63, 3.8) is 0 Å². The highest BCUT2D eigenvalue weighted by atomic mass is 32.2. The maximum absolute atomic E-state index is 11.8. The second-order valence-corrected chi connectivity index (χ2v) is 7.83. The standard InChI is InChI=1S/C11H20OS2/c12-14-8-4-7-13-11(14)9-10-5-2-1-3-6-10/h10-11H,1-9H2/t11-,14-/m0/s1. The van der Waals surface area contributed by atoms with E-state index >= 15 is 0 Å². The first-order valence-corrected chi connectivity index (χ1v) is 8.28. The SMILES string of the molecule is O=[S@]1CCCS[C@@H]1CC1CCCCC1. The smallest absolute Gasteiger partial charge is 0.0804 e. The molecule has 0 aromatic rings. The van der Waals surface area contributed by atoms with Crippen molar-refractivity contribution in [1.29, 1.82) is 0 Å². The van der Waals surface area contributed by atoms with Gasteiger partial charge in [-0.05, 0) is 24.5 Å². The molecule has 14 heavy (non-hydrogen) atoms. The van der Waals surface area contributed by atoms with Crippen LogP contribution in [-0.4, -0.2) is 20.3 Å². The maximum Gasteiger partial charge on any atom is 0.0804 e. The second-order valence-electron chi connectivity index (χ2n) is 4.48. The molecule has 0 N–H and O–H groups in total. The molecule has 3 heteroatoms. The molecule has 1 saturated carbocycles. The fraction of sp³-hybridized carbons (Fsp3) is 1.00. The van der Waals surface area contributed by atoms with E-state index in [0.29, 0.717) is 4.58 Å². The second kappa shape index (κ2) is 5.55. The summed E-state index contributed by atoms with van der Waals surface area (Å²) in [5.41, 5.74) is 0. The summed E-state index contributed by atoms with van der Waals surface area (Å²) in [7, 11) is -0.517. The average Bonchev–Trinajstić information content (AvgIpc) is 2.23. The summed E-state index contributed by atoms with van der Waals surface area (Å²) in [6.07, 6.45) is 9.44. The van der Waals surface area contributed by atoms with Gasteiger partial charge in [-0.25, -0.2) is 0 Å². The zero-order valence-electron chi connectivity index (χ0n) is 8.74. The molecule has 2 aliphatic rings. The Morgan fingerprint density at radius 1 is 1.14 bits per heavy atom. The van der Waals surface area contributed by atoms with E-state index in [9.17, 15) is 4.21 Å². The molecule has 0 unspecified atom stereocenters. The average molecular weight is 232 g/mol. The molecule has 0 amide bonds. The van der Waals surface area contributed by atoms with Crippen LogP contribution in [0.4, 0.5) is 0 Å². The third kappa shape index (κ3) is 2.99. The van der Waals surface area contributed by atoms with E-state index in [0.717, 1.165) is 11.7 Å². The van der Waals surface area contributed by atoms with Crippen LogP contribution in [0.1, 0.15) is 44.9 Å². The fourth-order valence-electron chi connectivity index (χ4n) is 2.49. The molecule has 1 saturated heterocycles. The zero-order chi connectivity index (χ0) is 9.80. The minimum Gasteiger partial charge on any atom is -0.258 e. The van der Waals surface area contributed by atoms with Gasteiger partial charge in [0, 0.05) is 16.6 Å². The molecule has 0 bridgehead atoms. The lowest BCUT2D eigenvalue weighted by Gasteiger charge is -2.27. The quantitative estimate of drug-likeness (QED) is 0.727. The molecule has 1 aliphatic heterocycles. The predicted octanol–water partition coefficient (Wildman–Crippen LogP) is 3.17. The molecule has 0 spiro atoms. The topological polar surface area (TPSA) is 17.1 Å². The molecule has 0 radical (unpaired) electrons. The van der Waals surface area contributed by atoms with Gasteiger partial charge in [-0.3, -0.25) is 4.21 Å². The van der Waals surface area contributed by atoms with Crippen LogP contribution >= 0.6 is 11.8 Å². The highest BCUT2D eigenvalue weighted by Gasteiger charge is 2.25. The van der Waals surface area contributed by atoms with Crippen LogP contribution in [0.15, 0.2) is 0 Å². The third-order valence-electron chi connectivity index (χ3n) is 3.34. The van der Waals surface area contributed by atoms with Gasteiger partial charge < -0.3 is 0 Å². The fourth-order valence-corrected chi connectivity index (χ4v) is 6.02. The van der Waals surface area contributed by atoms with Crippen molar-refractivity contribution >= 4 is 22.6 Å². The number of rotatable bonds is 2. The molecular weight excluding hydrogens is 212 g/mol. The summed E-state index contributed by atoms with van der Waals surface area (Å²) in [5.74, 6) is 3.09. The Labute approximate surface area is 93.9 Å². The highest BCUT2D eigenvalue weighted by Crippen LogP contribution is 2.34. The summed E-state index contributed by atoms with van der Waals surface area (Å²) in [4.78, 5) is 0. The van der Waals surface area contributed by atoms with Crippen molar-refractivity contribution in [3.8, 4) is 0 Å². The van der Waals surface area contributed by atoms with Crippen LogP contribution in [0.2, 0.25) is 0 Å². The van der Waals surface area contributed by atoms with Gasteiger partial charge in [0.2, 0.25) is 0 Å². The Morgan fingerprint density at radius 2 is 1.93 bits per heavy atom. The Morgan fingerprint density at radius 3 is 2.64 bits per heavy atom. The lowest BCUT2D eigenvalue weighted by Crippen LogP contribution is -2.24. The molecule has 2 atom stereocenters. The summed E-state index contributed by atoms with van der Waals surface area (Å²) >= 11 is 1.96. The minimum absolute atomic E-state index is 0.479. The third-order valence-corrected chi connectivity index (χ3v) is 6.95. The zero-order valence-corrected chi connectivity index (χ0v) is 10.4. The first kappa shape index (κ1) is 11.0. The van der Waals surface area contributed by atoms with Gasteiger partial charge in [-0.15, -0.1) is 11.8 Å². The van der Waals surface area contributed by atoms with E-state index in [2.05, 4.69) is 0 Å². The van der Waals surface area contributed by atoms with E-state index in [4.69, 9.17) is 0 Å². The predicted molar refractivity (Wildman–Crippen MR) is 65.1 cm³/mol. The Kier molecular flexibility index (Phi) is 4.36. The number of hydrogen-bond donors (Lipinski definition) is 0. The normalized spacial score (nSPS) is 35.7. The van der Waals surface area contributed by atoms with Crippen molar-refractivity contribution in [2.45, 2.75) is 49.5 Å². The largest absolute Gasteiger partial charge is 0.258 e. The van der Waals surface area contributed by atoms with Crippen LogP contribution in [0, 0.1) is 5.92 Å². The lowest BCUT2D eigenvalue weighted by atomic mass is 9.87. The van der Waals surface area contributed by atoms with Crippen LogP contribution < -0.4 is 0 Å². The Bertz CT molecular complexity index is 199. The molecule has 82 valence electrons. The van der Waals surface area contributed by atoms with E-state index in [1.165, 1.54) is 50.7 Å². The Hall–Kier alpha value is 0.500. The van der Waals surface area contributed by atoms with E-state index < -0.39 is 10.8 Å². The lowest BCUT2D eigenvalue weighted by molar-refractivity contribution is 0.347. The first-order chi connectivity index (χ1) is 6.86. The molecule has 0 aromatic heterocycles. The van der Waals surface area contributed by atoms with E-state index in [1.54, 1.807) is 0 Å². The van der Waals surface area contributed by atoms with Crippen LogP contribution in [0.3, 0.4) is 0 Å². The van der Waals surface area contributed by atoms with Gasteiger partial charge in [0.1, 0.15) is 0 Å². The molecule has 1 heterocycles. The summed E-state index contributed by atoms with van der Waals surface area (Å²) < 4.78 is 12.2. The summed E-state index contributed by atoms with van der Waals surface area (Å²) in [5, 5.41) is 0. The Balaban J connectivity index is 1.79. The van der Waals surface area contributed by atoms with Crippen LogP contribution in [0.25, 0.3) is 0 Å². The number of hydrogen-bond acceptors (Lipinski definition) is 2. The van der Waals surface area contributed by atoms with Gasteiger partial charge in [-0.2, -0.15) is 0 Å². The minimum atomic E-state index is -0.517. The van der Waals surface area contributed by atoms with Gasteiger partial charge in [-0.1, -0.05) is 32.1 Å². The summed E-state index contributed by atoms with van der Waals surface area (Å²) in [6.45, 7) is 0. The van der Waals surface area contributed by atoms with E-state index in [1.807, 2.05) is 11.8 Å². The van der Waals surface area contributed by atoms with Crippen molar-refractivity contribution in [2.75, 3.05) is 11.5 Å². The molecule has 2 fully saturated rings. The van der Waals surface area contributed by atoms with E-state index in [-0.39, 0.29) is 0 Å². The highest BCUT2D eigenvalue weighted by molar-refractivity contribution is 8.11. The first-order valence-electron chi connectivity index (χ1n) is 5.85. The van der Waals surface area contributed by atoms with Crippen molar-refractivity contribution in [1.82, 2.24) is 0 Å². The van der Waals surface area contributed by atoms with Crippen LogP contribution in [0.5, 0.6) is 0 Å². The summed E-state index contributed by atoms with van der Waals surface area (Å²) in [6, 6.07) is 0. The van der Waals surface area contributed by atoms with Gasteiger partial charge in [0.15, 0.2) is 0 Å². The van der Waals surface area contributed by atoms with Gasteiger partial charge >= 0.3 is 0 Å². The van der Waals surface area contributed by atoms with Crippen molar-refractivity contribution in [3.05, 3.63) is 0 Å². The van der Waals surface area contributed by atoms with Crippen molar-refractivity contribution < 1.29 is 4.21 Å². The van der Waals surface area contributed by atoms with Gasteiger partial charge in [0.25, 0.3) is 0 Å². The number of thioether (sulfide) groups is 1. The monoisotopic (exact) mass is 232 g/mol. The molecular formula is C11H20OS2. The molecule has 1 aliphatic carbocycles. The molecule has 0 aromatic carbocycles. The maximum atomic E-state index is 11.8. The van der Waals surface area contributed by atoms with Gasteiger partial charge in [0.05, 0.1) is 4.58 Å². The molecule has 2 rings (SSSR count).